The van der Waals surface area contributed by atoms with Crippen molar-refractivity contribution in [3.63, 3.8) is 0 Å². The minimum absolute atomic E-state index is 0.0394. The van der Waals surface area contributed by atoms with Crippen LogP contribution in [0.1, 0.15) is 18.0 Å². The lowest BCUT2D eigenvalue weighted by Gasteiger charge is -2.15. The van der Waals surface area contributed by atoms with Gasteiger partial charge in [0, 0.05) is 6.54 Å². The fourth-order valence-corrected chi connectivity index (χ4v) is 2.77. The van der Waals surface area contributed by atoms with E-state index >= 15 is 0 Å². The van der Waals surface area contributed by atoms with Gasteiger partial charge in [-0.25, -0.2) is 4.98 Å². The minimum atomic E-state index is -0.0394. The Morgan fingerprint density at radius 1 is 1.50 bits per heavy atom. The second-order valence-electron chi connectivity index (χ2n) is 4.72. The van der Waals surface area contributed by atoms with Crippen molar-refractivity contribution in [2.45, 2.75) is 19.4 Å². The number of hydrogen-bond acceptors (Lipinski definition) is 3. The Balaban J connectivity index is 2.28. The van der Waals surface area contributed by atoms with E-state index in [0.717, 1.165) is 25.1 Å². The van der Waals surface area contributed by atoms with Gasteiger partial charge < -0.3 is 5.32 Å². The topological polar surface area (TPSA) is 46.9 Å². The van der Waals surface area contributed by atoms with Crippen molar-refractivity contribution in [3.8, 4) is 0 Å². The number of halogens is 1. The zero-order valence-electron chi connectivity index (χ0n) is 10.1. The van der Waals surface area contributed by atoms with Gasteiger partial charge in [0.05, 0.1) is 16.9 Å². The third kappa shape index (κ3) is 1.82. The molecule has 3 rings (SSSR count). The molecule has 1 N–H and O–H groups in total. The van der Waals surface area contributed by atoms with Gasteiger partial charge in [-0.3, -0.25) is 9.36 Å². The average Bonchev–Trinajstić information content (AvgIpc) is 2.84. The molecule has 0 amide bonds. The maximum absolute atomic E-state index is 12.5. The molecule has 1 aliphatic heterocycles. The molecule has 0 radical (unpaired) electrons. The molecule has 0 aliphatic carbocycles. The molecule has 0 saturated carbocycles. The van der Waals surface area contributed by atoms with E-state index in [-0.39, 0.29) is 16.9 Å². The SMILES string of the molecule is Cc1ccc2nc(Cl)n(C3CCNC3)c(=O)c2c1. The highest BCUT2D eigenvalue weighted by Crippen LogP contribution is 2.20. The lowest BCUT2D eigenvalue weighted by atomic mass is 10.1. The summed E-state index contributed by atoms with van der Waals surface area (Å²) in [5.41, 5.74) is 1.68. The number of nitrogens with one attached hydrogen (secondary N) is 1. The predicted octanol–water partition coefficient (Wildman–Crippen LogP) is 1.89. The van der Waals surface area contributed by atoms with E-state index in [1.54, 1.807) is 4.57 Å². The summed E-state index contributed by atoms with van der Waals surface area (Å²) in [5, 5.41) is 4.17. The molecule has 0 spiro atoms. The van der Waals surface area contributed by atoms with Crippen molar-refractivity contribution < 1.29 is 0 Å². The Labute approximate surface area is 110 Å². The van der Waals surface area contributed by atoms with E-state index < -0.39 is 0 Å². The summed E-state index contributed by atoms with van der Waals surface area (Å²) in [4.78, 5) is 16.8. The molecule has 1 atom stereocenters. The first-order valence-corrected chi connectivity index (χ1v) is 6.44. The molecule has 1 saturated heterocycles. The number of hydrogen-bond donors (Lipinski definition) is 1. The molecular weight excluding hydrogens is 250 g/mol. The summed E-state index contributed by atoms with van der Waals surface area (Å²) >= 11 is 6.15. The van der Waals surface area contributed by atoms with Gasteiger partial charge in [0.1, 0.15) is 0 Å². The zero-order chi connectivity index (χ0) is 12.7. The number of fused-ring (bicyclic) bond motifs is 1. The lowest BCUT2D eigenvalue weighted by molar-refractivity contribution is 0.526. The van der Waals surface area contributed by atoms with Crippen molar-refractivity contribution in [1.82, 2.24) is 14.9 Å². The zero-order valence-corrected chi connectivity index (χ0v) is 10.9. The van der Waals surface area contributed by atoms with E-state index in [0.29, 0.717) is 10.9 Å². The van der Waals surface area contributed by atoms with Crippen LogP contribution in [0.15, 0.2) is 23.0 Å². The monoisotopic (exact) mass is 263 g/mol. The summed E-state index contributed by atoms with van der Waals surface area (Å²) in [6.07, 6.45) is 0.915. The van der Waals surface area contributed by atoms with Crippen LogP contribution in [0, 0.1) is 6.92 Å². The van der Waals surface area contributed by atoms with Gasteiger partial charge in [0.25, 0.3) is 5.56 Å². The second kappa shape index (κ2) is 4.37. The highest BCUT2D eigenvalue weighted by molar-refractivity contribution is 6.28. The quantitative estimate of drug-likeness (QED) is 0.800. The number of aromatic nitrogens is 2. The Morgan fingerprint density at radius 2 is 2.33 bits per heavy atom. The number of nitrogens with zero attached hydrogens (tertiary/aromatic N) is 2. The fraction of sp³-hybridized carbons (Fsp3) is 0.385. The molecular formula is C13H14ClN3O. The van der Waals surface area contributed by atoms with Crippen LogP contribution < -0.4 is 10.9 Å². The molecule has 1 aromatic heterocycles. The number of aryl methyl sites for hydroxylation is 1. The number of rotatable bonds is 1. The van der Waals surface area contributed by atoms with Crippen LogP contribution in [0.25, 0.3) is 10.9 Å². The van der Waals surface area contributed by atoms with Crippen molar-refractivity contribution in [2.24, 2.45) is 0 Å². The summed E-state index contributed by atoms with van der Waals surface area (Å²) in [7, 11) is 0. The van der Waals surface area contributed by atoms with Crippen LogP contribution in [0.4, 0.5) is 0 Å². The predicted molar refractivity (Wildman–Crippen MR) is 72.3 cm³/mol. The third-order valence-corrected chi connectivity index (χ3v) is 3.68. The smallest absolute Gasteiger partial charge is 0.262 e. The lowest BCUT2D eigenvalue weighted by Crippen LogP contribution is -2.28. The standard InChI is InChI=1S/C13H14ClN3O/c1-8-2-3-11-10(6-8)12(18)17(13(14)16-11)9-4-5-15-7-9/h2-3,6,9,15H,4-5,7H2,1H3. The summed E-state index contributed by atoms with van der Waals surface area (Å²) in [6, 6.07) is 5.77. The van der Waals surface area contributed by atoms with Crippen LogP contribution in [-0.4, -0.2) is 22.6 Å². The average molecular weight is 264 g/mol. The van der Waals surface area contributed by atoms with Gasteiger partial charge in [-0.1, -0.05) is 11.6 Å². The summed E-state index contributed by atoms with van der Waals surface area (Å²) in [6.45, 7) is 3.66. The minimum Gasteiger partial charge on any atom is -0.315 e. The largest absolute Gasteiger partial charge is 0.315 e. The highest BCUT2D eigenvalue weighted by atomic mass is 35.5. The van der Waals surface area contributed by atoms with Gasteiger partial charge >= 0.3 is 0 Å². The summed E-state index contributed by atoms with van der Waals surface area (Å²) in [5.74, 6) is 0. The molecule has 1 fully saturated rings. The third-order valence-electron chi connectivity index (χ3n) is 3.41. The Hall–Kier alpha value is -1.39. The molecule has 0 bridgehead atoms. The van der Waals surface area contributed by atoms with E-state index in [1.165, 1.54) is 0 Å². The number of benzene rings is 1. The van der Waals surface area contributed by atoms with Crippen molar-refractivity contribution in [2.75, 3.05) is 13.1 Å². The first-order valence-electron chi connectivity index (χ1n) is 6.06. The first kappa shape index (κ1) is 11.7. The molecule has 5 heteroatoms. The molecule has 4 nitrogen and oxygen atoms in total. The van der Waals surface area contributed by atoms with Gasteiger partial charge in [-0.05, 0) is 43.6 Å². The Morgan fingerprint density at radius 3 is 3.06 bits per heavy atom. The van der Waals surface area contributed by atoms with Gasteiger partial charge in [-0.2, -0.15) is 0 Å². The summed E-state index contributed by atoms with van der Waals surface area (Å²) < 4.78 is 1.61. The Kier molecular flexibility index (Phi) is 2.84. The molecule has 18 heavy (non-hydrogen) atoms. The maximum Gasteiger partial charge on any atom is 0.262 e. The van der Waals surface area contributed by atoms with Crippen molar-refractivity contribution in [1.29, 1.82) is 0 Å². The normalized spacial score (nSPS) is 19.6. The molecule has 2 aromatic rings. The van der Waals surface area contributed by atoms with E-state index in [4.69, 9.17) is 11.6 Å². The van der Waals surface area contributed by atoms with E-state index in [2.05, 4.69) is 10.3 Å². The van der Waals surface area contributed by atoms with Crippen LogP contribution in [0.3, 0.4) is 0 Å². The van der Waals surface area contributed by atoms with Crippen molar-refractivity contribution in [3.05, 3.63) is 39.4 Å². The van der Waals surface area contributed by atoms with Gasteiger partial charge in [0.2, 0.25) is 5.28 Å². The van der Waals surface area contributed by atoms with E-state index in [1.807, 2.05) is 25.1 Å². The maximum atomic E-state index is 12.5. The molecule has 1 unspecified atom stereocenters. The van der Waals surface area contributed by atoms with Crippen LogP contribution >= 0.6 is 11.6 Å². The van der Waals surface area contributed by atoms with Gasteiger partial charge in [-0.15, -0.1) is 0 Å². The van der Waals surface area contributed by atoms with Crippen molar-refractivity contribution >= 4 is 22.5 Å². The Bertz CT molecular complexity index is 659. The molecule has 94 valence electrons. The first-order chi connectivity index (χ1) is 8.66. The highest BCUT2D eigenvalue weighted by Gasteiger charge is 2.21. The molecule has 1 aromatic carbocycles. The van der Waals surface area contributed by atoms with Crippen LogP contribution in [0.5, 0.6) is 0 Å². The molecule has 2 heterocycles. The second-order valence-corrected chi connectivity index (χ2v) is 5.06. The van der Waals surface area contributed by atoms with Gasteiger partial charge in [0.15, 0.2) is 0 Å². The fourth-order valence-electron chi connectivity index (χ4n) is 2.46. The van der Waals surface area contributed by atoms with E-state index in [9.17, 15) is 4.79 Å². The van der Waals surface area contributed by atoms with Crippen LogP contribution in [-0.2, 0) is 0 Å². The van der Waals surface area contributed by atoms with Crippen LogP contribution in [0.2, 0.25) is 5.28 Å². The molecule has 1 aliphatic rings.